The fourth-order valence-corrected chi connectivity index (χ4v) is 4.58. The quantitative estimate of drug-likeness (QED) is 0.483. The highest BCUT2D eigenvalue weighted by atomic mass is 35.5. The first-order valence-electron chi connectivity index (χ1n) is 10.2. The molecule has 0 aliphatic carbocycles. The molecule has 0 saturated carbocycles. The van der Waals surface area contributed by atoms with Gasteiger partial charge in [-0.2, -0.15) is 0 Å². The molecular formula is C24H22ClFN4O. The number of nitrogens with one attached hydrogen (secondary N) is 1. The molecule has 158 valence electrons. The molecule has 3 heterocycles. The van der Waals surface area contributed by atoms with Crippen LogP contribution in [0.1, 0.15) is 0 Å². The minimum Gasteiger partial charge on any atom is -0.505 e. The van der Waals surface area contributed by atoms with E-state index >= 15 is 0 Å². The van der Waals surface area contributed by atoms with E-state index in [1.165, 1.54) is 17.8 Å². The molecule has 2 aromatic heterocycles. The maximum atomic E-state index is 14.2. The number of hydrogen-bond acceptors (Lipinski definition) is 4. The SMILES string of the molecule is Cn1c(-c2ccc(N3CCNCC3)cc2)c(-c2ccc(O)c(F)c2)c2c(Cl)ccnc21. The van der Waals surface area contributed by atoms with Crippen molar-refractivity contribution in [3.05, 3.63) is 65.6 Å². The van der Waals surface area contributed by atoms with Gasteiger partial charge < -0.3 is 19.9 Å². The number of piperazine rings is 1. The standard InChI is InChI=1S/C24H22ClFN4O/c1-29-23(15-2-5-17(6-3-15)30-12-10-27-11-13-30)21(16-4-7-20(31)19(26)14-16)22-18(25)8-9-28-24(22)29/h2-9,14,27,31H,10-13H2,1H3. The Morgan fingerprint density at radius 1 is 1.03 bits per heavy atom. The van der Waals surface area contributed by atoms with Crippen molar-refractivity contribution < 1.29 is 9.50 Å². The summed E-state index contributed by atoms with van der Waals surface area (Å²) < 4.78 is 16.2. The zero-order valence-corrected chi connectivity index (χ0v) is 17.8. The van der Waals surface area contributed by atoms with Crippen molar-refractivity contribution in [1.29, 1.82) is 0 Å². The van der Waals surface area contributed by atoms with Crippen LogP contribution in [0.15, 0.2) is 54.7 Å². The summed E-state index contributed by atoms with van der Waals surface area (Å²) in [5, 5.41) is 14.4. The van der Waals surface area contributed by atoms with Crippen LogP contribution in [0.2, 0.25) is 5.02 Å². The molecule has 1 aliphatic rings. The lowest BCUT2D eigenvalue weighted by molar-refractivity contribution is 0.432. The number of rotatable bonds is 3. The fraction of sp³-hybridized carbons (Fsp3) is 0.208. The highest BCUT2D eigenvalue weighted by molar-refractivity contribution is 6.37. The Kier molecular flexibility index (Phi) is 5.04. The number of phenolic OH excluding ortho intramolecular Hbond substituents is 1. The normalized spacial score (nSPS) is 14.4. The fourth-order valence-electron chi connectivity index (χ4n) is 4.34. The molecule has 1 aliphatic heterocycles. The number of benzene rings is 2. The van der Waals surface area contributed by atoms with Gasteiger partial charge in [-0.3, -0.25) is 0 Å². The van der Waals surface area contributed by atoms with Gasteiger partial charge in [-0.25, -0.2) is 9.37 Å². The van der Waals surface area contributed by atoms with E-state index in [1.807, 2.05) is 11.6 Å². The van der Waals surface area contributed by atoms with Crippen LogP contribution in [-0.4, -0.2) is 40.8 Å². The molecule has 1 fully saturated rings. The van der Waals surface area contributed by atoms with Gasteiger partial charge in [-0.05, 0) is 41.5 Å². The average Bonchev–Trinajstić information content (AvgIpc) is 3.10. The Morgan fingerprint density at radius 2 is 1.74 bits per heavy atom. The topological polar surface area (TPSA) is 53.3 Å². The molecule has 2 aromatic carbocycles. The van der Waals surface area contributed by atoms with Gasteiger partial charge in [0.25, 0.3) is 0 Å². The van der Waals surface area contributed by atoms with Crippen LogP contribution in [0, 0.1) is 5.82 Å². The number of pyridine rings is 1. The van der Waals surface area contributed by atoms with E-state index < -0.39 is 5.82 Å². The lowest BCUT2D eigenvalue weighted by Gasteiger charge is -2.29. The van der Waals surface area contributed by atoms with Crippen molar-refractivity contribution in [3.63, 3.8) is 0 Å². The third-order valence-electron chi connectivity index (χ3n) is 5.88. The number of fused-ring (bicyclic) bond motifs is 1. The van der Waals surface area contributed by atoms with E-state index in [1.54, 1.807) is 18.3 Å². The van der Waals surface area contributed by atoms with Crippen LogP contribution in [0.4, 0.5) is 10.1 Å². The molecule has 0 bridgehead atoms. The Balaban J connectivity index is 1.70. The maximum absolute atomic E-state index is 14.2. The average molecular weight is 437 g/mol. The molecule has 5 nitrogen and oxygen atoms in total. The smallest absolute Gasteiger partial charge is 0.165 e. The molecule has 0 spiro atoms. The first-order valence-corrected chi connectivity index (χ1v) is 10.6. The van der Waals surface area contributed by atoms with Crippen LogP contribution in [-0.2, 0) is 7.05 Å². The Morgan fingerprint density at radius 3 is 2.45 bits per heavy atom. The van der Waals surface area contributed by atoms with Gasteiger partial charge in [0.2, 0.25) is 0 Å². The number of phenols is 1. The van der Waals surface area contributed by atoms with E-state index in [0.717, 1.165) is 54.0 Å². The summed E-state index contributed by atoms with van der Waals surface area (Å²) in [6, 6.07) is 14.6. The summed E-state index contributed by atoms with van der Waals surface area (Å²) in [5.74, 6) is -1.05. The molecule has 4 aromatic rings. The number of aromatic hydroxyl groups is 1. The van der Waals surface area contributed by atoms with Gasteiger partial charge in [-0.15, -0.1) is 0 Å². The Labute approximate surface area is 184 Å². The Hall–Kier alpha value is -3.09. The van der Waals surface area contributed by atoms with Crippen molar-refractivity contribution >= 4 is 28.3 Å². The summed E-state index contributed by atoms with van der Waals surface area (Å²) in [4.78, 5) is 6.88. The molecule has 5 rings (SSSR count). The zero-order chi connectivity index (χ0) is 21.5. The molecule has 7 heteroatoms. The molecule has 0 radical (unpaired) electrons. The van der Waals surface area contributed by atoms with Crippen molar-refractivity contribution in [2.45, 2.75) is 0 Å². The first-order chi connectivity index (χ1) is 15.0. The number of aryl methyl sites for hydroxylation is 1. The van der Waals surface area contributed by atoms with E-state index in [0.29, 0.717) is 10.6 Å². The summed E-state index contributed by atoms with van der Waals surface area (Å²) in [6.45, 7) is 3.91. The molecule has 1 saturated heterocycles. The third kappa shape index (κ3) is 3.42. The van der Waals surface area contributed by atoms with Crippen LogP contribution in [0.5, 0.6) is 5.75 Å². The van der Waals surface area contributed by atoms with Crippen LogP contribution in [0.3, 0.4) is 0 Å². The number of nitrogens with zero attached hydrogens (tertiary/aromatic N) is 3. The zero-order valence-electron chi connectivity index (χ0n) is 17.1. The summed E-state index contributed by atoms with van der Waals surface area (Å²) >= 11 is 6.57. The van der Waals surface area contributed by atoms with Gasteiger partial charge in [0, 0.05) is 56.1 Å². The first kappa shape index (κ1) is 19.8. The van der Waals surface area contributed by atoms with Crippen molar-refractivity contribution in [2.75, 3.05) is 31.1 Å². The van der Waals surface area contributed by atoms with Gasteiger partial charge >= 0.3 is 0 Å². The van der Waals surface area contributed by atoms with Crippen molar-refractivity contribution in [3.8, 4) is 28.1 Å². The molecule has 0 unspecified atom stereocenters. The second-order valence-electron chi connectivity index (χ2n) is 7.72. The van der Waals surface area contributed by atoms with Gasteiger partial charge in [0.1, 0.15) is 5.65 Å². The monoisotopic (exact) mass is 436 g/mol. The summed E-state index contributed by atoms with van der Waals surface area (Å²) in [6.07, 6.45) is 1.67. The minimum atomic E-state index is -0.672. The molecule has 0 amide bonds. The predicted octanol–water partition coefficient (Wildman–Crippen LogP) is 4.82. The van der Waals surface area contributed by atoms with Crippen LogP contribution >= 0.6 is 11.6 Å². The largest absolute Gasteiger partial charge is 0.505 e. The van der Waals surface area contributed by atoms with Gasteiger partial charge in [-0.1, -0.05) is 29.8 Å². The highest BCUT2D eigenvalue weighted by Gasteiger charge is 2.22. The maximum Gasteiger partial charge on any atom is 0.165 e. The molecular weight excluding hydrogens is 415 g/mol. The third-order valence-corrected chi connectivity index (χ3v) is 6.19. The van der Waals surface area contributed by atoms with E-state index in [-0.39, 0.29) is 5.75 Å². The van der Waals surface area contributed by atoms with Gasteiger partial charge in [0.15, 0.2) is 11.6 Å². The molecule has 31 heavy (non-hydrogen) atoms. The van der Waals surface area contributed by atoms with Crippen LogP contribution in [0.25, 0.3) is 33.4 Å². The number of aromatic nitrogens is 2. The number of halogens is 2. The number of anilines is 1. The molecule has 2 N–H and O–H groups in total. The lowest BCUT2D eigenvalue weighted by Crippen LogP contribution is -2.43. The molecule has 0 atom stereocenters. The lowest BCUT2D eigenvalue weighted by atomic mass is 9.98. The minimum absolute atomic E-state index is 0.380. The van der Waals surface area contributed by atoms with Crippen molar-refractivity contribution in [1.82, 2.24) is 14.9 Å². The van der Waals surface area contributed by atoms with E-state index in [9.17, 15) is 9.50 Å². The summed E-state index contributed by atoms with van der Waals surface area (Å²) in [5.41, 5.74) is 5.21. The number of hydrogen-bond donors (Lipinski definition) is 2. The van der Waals surface area contributed by atoms with E-state index in [4.69, 9.17) is 11.6 Å². The van der Waals surface area contributed by atoms with E-state index in [2.05, 4.69) is 39.5 Å². The predicted molar refractivity (Wildman–Crippen MR) is 123 cm³/mol. The van der Waals surface area contributed by atoms with Crippen LogP contribution < -0.4 is 10.2 Å². The second-order valence-corrected chi connectivity index (χ2v) is 8.13. The second kappa shape index (κ2) is 7.87. The summed E-state index contributed by atoms with van der Waals surface area (Å²) in [7, 11) is 1.94. The van der Waals surface area contributed by atoms with Gasteiger partial charge in [0.05, 0.1) is 10.7 Å². The Bertz CT molecular complexity index is 1260. The van der Waals surface area contributed by atoms with Crippen molar-refractivity contribution in [2.24, 2.45) is 7.05 Å². The highest BCUT2D eigenvalue weighted by Crippen LogP contribution is 2.43.